The molecule has 5 nitrogen and oxygen atoms in total. The van der Waals surface area contributed by atoms with Crippen LogP contribution in [0.25, 0.3) is 0 Å². The van der Waals surface area contributed by atoms with Crippen LogP contribution in [0.1, 0.15) is 29.1 Å². The molecule has 6 heteroatoms. The Bertz CT molecular complexity index is 982. The standard InChI is InChI=1S/C20H16ClN3O2/c1-12-10-18(26-24-12)20(25)23-14-6-7-17(21)16(11-14)19-15-5-3-2-4-13(15)8-9-22-19/h2,4-6,10-11,13,17H,3,7H2,1H3,(H,23,25). The zero-order valence-corrected chi connectivity index (χ0v) is 14.9. The van der Waals surface area contributed by atoms with E-state index in [1.54, 1.807) is 13.0 Å². The minimum Gasteiger partial charge on any atom is -0.351 e. The van der Waals surface area contributed by atoms with Gasteiger partial charge in [0.05, 0.1) is 22.7 Å². The van der Waals surface area contributed by atoms with Gasteiger partial charge in [0.2, 0.25) is 5.76 Å². The quantitative estimate of drug-likeness (QED) is 0.506. The van der Waals surface area contributed by atoms with Crippen molar-refractivity contribution < 1.29 is 9.32 Å². The average molecular weight is 366 g/mol. The molecule has 0 saturated carbocycles. The molecule has 0 radical (unpaired) electrons. The van der Waals surface area contributed by atoms with Gasteiger partial charge in [0.15, 0.2) is 0 Å². The number of aryl methyl sites for hydroxylation is 1. The molecular weight excluding hydrogens is 350 g/mol. The highest BCUT2D eigenvalue weighted by Crippen LogP contribution is 2.31. The Labute approximate surface area is 156 Å². The number of hydrogen-bond acceptors (Lipinski definition) is 4. The van der Waals surface area contributed by atoms with E-state index < -0.39 is 0 Å². The molecule has 2 unspecified atom stereocenters. The van der Waals surface area contributed by atoms with Gasteiger partial charge in [-0.2, -0.15) is 4.99 Å². The zero-order chi connectivity index (χ0) is 18.1. The summed E-state index contributed by atoms with van der Waals surface area (Å²) in [5.41, 5.74) is 4.10. The third-order valence-electron chi connectivity index (χ3n) is 4.37. The normalized spacial score (nSPS) is 23.6. The van der Waals surface area contributed by atoms with Crippen LogP contribution in [0, 0.1) is 24.8 Å². The number of carbonyl (C=O) groups is 1. The Morgan fingerprint density at radius 2 is 2.27 bits per heavy atom. The van der Waals surface area contributed by atoms with E-state index in [-0.39, 0.29) is 23.0 Å². The SMILES string of the molecule is Cc1cc(C(=O)NC2=CCC(Cl)C(C3=NC#CC4C=CCC=C34)=C2)on1. The fourth-order valence-electron chi connectivity index (χ4n) is 3.11. The summed E-state index contributed by atoms with van der Waals surface area (Å²) in [6.07, 6.45) is 11.5. The molecule has 0 spiro atoms. The molecule has 4 rings (SSSR count). The van der Waals surface area contributed by atoms with Gasteiger partial charge in [-0.15, -0.1) is 11.6 Å². The molecule has 3 aliphatic rings. The van der Waals surface area contributed by atoms with E-state index in [4.69, 9.17) is 16.1 Å². The summed E-state index contributed by atoms with van der Waals surface area (Å²) in [5.74, 6) is 2.99. The Hall–Kier alpha value is -2.84. The van der Waals surface area contributed by atoms with Gasteiger partial charge < -0.3 is 9.84 Å². The first kappa shape index (κ1) is 16.6. The second-order valence-electron chi connectivity index (χ2n) is 6.27. The van der Waals surface area contributed by atoms with Crippen LogP contribution in [0.5, 0.6) is 0 Å². The van der Waals surface area contributed by atoms with E-state index in [0.29, 0.717) is 17.8 Å². The van der Waals surface area contributed by atoms with Gasteiger partial charge in [-0.05, 0) is 37.0 Å². The van der Waals surface area contributed by atoms with Crippen molar-refractivity contribution in [3.63, 3.8) is 0 Å². The molecular formula is C20H16ClN3O2. The summed E-state index contributed by atoms with van der Waals surface area (Å²) in [6.45, 7) is 1.77. The Kier molecular flexibility index (Phi) is 4.36. The Morgan fingerprint density at radius 1 is 1.38 bits per heavy atom. The molecule has 0 saturated heterocycles. The monoisotopic (exact) mass is 365 g/mol. The van der Waals surface area contributed by atoms with Gasteiger partial charge in [-0.25, -0.2) is 0 Å². The Morgan fingerprint density at radius 3 is 3.08 bits per heavy atom. The van der Waals surface area contributed by atoms with Gasteiger partial charge in [0, 0.05) is 17.8 Å². The van der Waals surface area contributed by atoms with Gasteiger partial charge in [0.1, 0.15) is 0 Å². The van der Waals surface area contributed by atoms with Crippen LogP contribution in [0.3, 0.4) is 0 Å². The maximum atomic E-state index is 12.3. The number of nitrogens with one attached hydrogen (secondary N) is 1. The zero-order valence-electron chi connectivity index (χ0n) is 14.1. The third kappa shape index (κ3) is 3.16. The van der Waals surface area contributed by atoms with Crippen LogP contribution in [0.15, 0.2) is 62.8 Å². The molecule has 2 aliphatic carbocycles. The van der Waals surface area contributed by atoms with Gasteiger partial charge in [0.25, 0.3) is 5.91 Å². The molecule has 2 atom stereocenters. The lowest BCUT2D eigenvalue weighted by molar-refractivity contribution is 0.0930. The van der Waals surface area contributed by atoms with Crippen molar-refractivity contribution in [3.05, 3.63) is 64.7 Å². The number of hydrogen-bond donors (Lipinski definition) is 1. The van der Waals surface area contributed by atoms with Crippen molar-refractivity contribution in [1.82, 2.24) is 10.5 Å². The van der Waals surface area contributed by atoms with Gasteiger partial charge >= 0.3 is 0 Å². The molecule has 26 heavy (non-hydrogen) atoms. The van der Waals surface area contributed by atoms with Crippen LogP contribution < -0.4 is 5.32 Å². The molecule has 2 heterocycles. The maximum Gasteiger partial charge on any atom is 0.294 e. The molecule has 0 fully saturated rings. The molecule has 1 aromatic heterocycles. The summed E-state index contributed by atoms with van der Waals surface area (Å²) in [5, 5.41) is 6.36. The number of carbonyl (C=O) groups excluding carboxylic acids is 1. The number of nitrogens with zero attached hydrogens (tertiary/aromatic N) is 2. The highest BCUT2D eigenvalue weighted by atomic mass is 35.5. The number of amides is 1. The summed E-state index contributed by atoms with van der Waals surface area (Å²) >= 11 is 6.54. The highest BCUT2D eigenvalue weighted by Gasteiger charge is 2.28. The summed E-state index contributed by atoms with van der Waals surface area (Å²) < 4.78 is 5.01. The van der Waals surface area contributed by atoms with Crippen LogP contribution in [0.4, 0.5) is 0 Å². The van der Waals surface area contributed by atoms with Gasteiger partial charge in [-0.1, -0.05) is 35.4 Å². The van der Waals surface area contributed by atoms with Crippen molar-refractivity contribution in [2.75, 3.05) is 0 Å². The first-order valence-electron chi connectivity index (χ1n) is 8.38. The second-order valence-corrected chi connectivity index (χ2v) is 6.79. The molecule has 1 aromatic rings. The van der Waals surface area contributed by atoms with Crippen molar-refractivity contribution in [3.8, 4) is 12.0 Å². The first-order chi connectivity index (χ1) is 12.6. The van der Waals surface area contributed by atoms with Crippen molar-refractivity contribution in [1.29, 1.82) is 0 Å². The fraction of sp³-hybridized carbons (Fsp3) is 0.250. The predicted molar refractivity (Wildman–Crippen MR) is 99.7 cm³/mol. The second kappa shape index (κ2) is 6.81. The van der Waals surface area contributed by atoms with E-state index in [1.165, 1.54) is 0 Å². The number of aromatic nitrogens is 1. The number of rotatable bonds is 3. The predicted octanol–water partition coefficient (Wildman–Crippen LogP) is 3.45. The van der Waals surface area contributed by atoms with E-state index in [9.17, 15) is 4.79 Å². The number of alkyl halides is 1. The smallest absolute Gasteiger partial charge is 0.294 e. The van der Waals surface area contributed by atoms with E-state index >= 15 is 0 Å². The highest BCUT2D eigenvalue weighted by molar-refractivity contribution is 6.29. The minimum absolute atomic E-state index is 0.0575. The van der Waals surface area contributed by atoms with Crippen LogP contribution in [-0.4, -0.2) is 22.2 Å². The summed E-state index contributed by atoms with van der Waals surface area (Å²) in [7, 11) is 0. The average Bonchev–Trinajstić information content (AvgIpc) is 3.09. The summed E-state index contributed by atoms with van der Waals surface area (Å²) in [4.78, 5) is 16.7. The van der Waals surface area contributed by atoms with E-state index in [1.807, 2.05) is 12.2 Å². The lowest BCUT2D eigenvalue weighted by Crippen LogP contribution is -2.27. The third-order valence-corrected chi connectivity index (χ3v) is 4.79. The van der Waals surface area contributed by atoms with Gasteiger partial charge in [-0.3, -0.25) is 4.79 Å². The lowest BCUT2D eigenvalue weighted by atomic mass is 9.83. The lowest BCUT2D eigenvalue weighted by Gasteiger charge is -2.25. The maximum absolute atomic E-state index is 12.3. The number of aliphatic imine (C=N–C) groups is 1. The number of allylic oxidation sites excluding steroid dienone is 7. The Balaban J connectivity index is 1.59. The van der Waals surface area contributed by atoms with Crippen molar-refractivity contribution in [2.45, 2.75) is 25.1 Å². The fourth-order valence-corrected chi connectivity index (χ4v) is 3.36. The van der Waals surface area contributed by atoms with Crippen LogP contribution in [-0.2, 0) is 0 Å². The topological polar surface area (TPSA) is 67.5 Å². The number of fused-ring (bicyclic) bond motifs is 1. The largest absolute Gasteiger partial charge is 0.351 e. The molecule has 1 amide bonds. The molecule has 1 aliphatic heterocycles. The summed E-state index contributed by atoms with van der Waals surface area (Å²) in [6, 6.07) is 4.45. The van der Waals surface area contributed by atoms with Crippen molar-refractivity contribution >= 4 is 23.2 Å². The van der Waals surface area contributed by atoms with E-state index in [0.717, 1.165) is 23.3 Å². The van der Waals surface area contributed by atoms with E-state index in [2.05, 4.69) is 45.7 Å². The van der Waals surface area contributed by atoms with Crippen LogP contribution in [0.2, 0.25) is 0 Å². The number of halogens is 1. The van der Waals surface area contributed by atoms with Crippen LogP contribution >= 0.6 is 11.6 Å². The molecule has 130 valence electrons. The molecule has 0 aromatic carbocycles. The molecule has 1 N–H and O–H groups in total. The van der Waals surface area contributed by atoms with Crippen molar-refractivity contribution in [2.24, 2.45) is 10.9 Å². The molecule has 0 bridgehead atoms. The minimum atomic E-state index is -0.344. The first-order valence-corrected chi connectivity index (χ1v) is 8.81.